The van der Waals surface area contributed by atoms with Gasteiger partial charge in [-0.05, 0) is 0 Å². The van der Waals surface area contributed by atoms with Crippen molar-refractivity contribution < 1.29 is 30.0 Å². The second-order valence-electron chi connectivity index (χ2n) is 3.00. The number of aliphatic hydroxyl groups excluding tert-OH is 4. The first-order valence-corrected chi connectivity index (χ1v) is 4.05. The second kappa shape index (κ2) is 4.67. The number of ether oxygens (including phenoxy) is 1. The molecule has 1 aliphatic rings. The second-order valence-corrected chi connectivity index (χ2v) is 3.00. The summed E-state index contributed by atoms with van der Waals surface area (Å²) in [6, 6.07) is 0. The van der Waals surface area contributed by atoms with Crippen molar-refractivity contribution in [3.63, 3.8) is 0 Å². The molecular formula is C7H12NO6. The van der Waals surface area contributed by atoms with E-state index in [4.69, 9.17) is 9.84 Å². The molecule has 5 atom stereocenters. The molecule has 0 aliphatic carbocycles. The van der Waals surface area contributed by atoms with Gasteiger partial charge in [-0.25, -0.2) is 0 Å². The molecule has 5 N–H and O–H groups in total. The molecule has 1 aliphatic heterocycles. The standard InChI is InChI=1S/C7H12NO6/c9-1-3-4(11)5(12)6(13)7(14-3)8-2-10/h3-7,9,11-13H,1H2,(H,8,10)/t3-,4-,5+,6-,7-/m1/s1. The summed E-state index contributed by atoms with van der Waals surface area (Å²) < 4.78 is 4.89. The smallest absolute Gasteiger partial charge is 0.311 e. The van der Waals surface area contributed by atoms with Crippen molar-refractivity contribution in [1.82, 2.24) is 5.32 Å². The van der Waals surface area contributed by atoms with E-state index in [0.29, 0.717) is 0 Å². The van der Waals surface area contributed by atoms with E-state index in [0.717, 1.165) is 0 Å². The van der Waals surface area contributed by atoms with Gasteiger partial charge >= 0.3 is 6.41 Å². The average Bonchev–Trinajstić information content (AvgIpc) is 2.19. The van der Waals surface area contributed by atoms with E-state index in [1.54, 1.807) is 0 Å². The SMILES string of the molecule is O=[C]N[C@@H]1O[C@H](CO)[C@@H](O)[C@H](O)[C@H]1O. The predicted molar refractivity (Wildman–Crippen MR) is 42.6 cm³/mol. The zero-order chi connectivity index (χ0) is 10.7. The van der Waals surface area contributed by atoms with Crippen LogP contribution in [0.2, 0.25) is 0 Å². The topological polar surface area (TPSA) is 119 Å². The minimum atomic E-state index is -1.48. The van der Waals surface area contributed by atoms with Gasteiger partial charge in [0.05, 0.1) is 6.61 Å². The van der Waals surface area contributed by atoms with Crippen LogP contribution in [0.15, 0.2) is 0 Å². The monoisotopic (exact) mass is 206 g/mol. The highest BCUT2D eigenvalue weighted by atomic mass is 16.6. The maximum atomic E-state index is 9.97. The van der Waals surface area contributed by atoms with Gasteiger partial charge in [-0.15, -0.1) is 0 Å². The van der Waals surface area contributed by atoms with Crippen molar-refractivity contribution in [2.45, 2.75) is 30.6 Å². The number of carbonyl (C=O) groups excluding carboxylic acids is 1. The highest BCUT2D eigenvalue weighted by Gasteiger charge is 2.43. The van der Waals surface area contributed by atoms with Gasteiger partial charge in [-0.2, -0.15) is 0 Å². The number of hydrogen-bond donors (Lipinski definition) is 5. The van der Waals surface area contributed by atoms with Crippen molar-refractivity contribution in [2.24, 2.45) is 0 Å². The zero-order valence-electron chi connectivity index (χ0n) is 7.20. The van der Waals surface area contributed by atoms with E-state index in [2.05, 4.69) is 0 Å². The van der Waals surface area contributed by atoms with E-state index < -0.39 is 37.3 Å². The Labute approximate surface area is 79.9 Å². The van der Waals surface area contributed by atoms with Gasteiger partial charge in [0.25, 0.3) is 0 Å². The summed E-state index contributed by atoms with van der Waals surface area (Å²) in [5, 5.41) is 38.6. The van der Waals surface area contributed by atoms with Crippen LogP contribution >= 0.6 is 0 Å². The third-order valence-corrected chi connectivity index (χ3v) is 2.09. The fourth-order valence-electron chi connectivity index (χ4n) is 1.28. The Morgan fingerprint density at radius 1 is 1.21 bits per heavy atom. The number of aliphatic hydroxyl groups is 4. The number of hydrogen-bond acceptors (Lipinski definition) is 6. The van der Waals surface area contributed by atoms with Gasteiger partial charge in [0, 0.05) is 0 Å². The van der Waals surface area contributed by atoms with E-state index in [9.17, 15) is 20.1 Å². The maximum absolute atomic E-state index is 9.97. The Balaban J connectivity index is 2.67. The van der Waals surface area contributed by atoms with Crippen LogP contribution in [0.5, 0.6) is 0 Å². The van der Waals surface area contributed by atoms with Crippen molar-refractivity contribution in [1.29, 1.82) is 0 Å². The maximum Gasteiger partial charge on any atom is 0.311 e. The van der Waals surface area contributed by atoms with Crippen LogP contribution in [0.1, 0.15) is 0 Å². The molecule has 14 heavy (non-hydrogen) atoms. The molecule has 0 aromatic rings. The predicted octanol–water partition coefficient (Wildman–Crippen LogP) is -3.56. The molecule has 0 saturated carbocycles. The van der Waals surface area contributed by atoms with Crippen LogP contribution in [0, 0.1) is 0 Å². The lowest BCUT2D eigenvalue weighted by molar-refractivity contribution is -0.232. The Morgan fingerprint density at radius 3 is 2.36 bits per heavy atom. The first-order chi connectivity index (χ1) is 6.61. The van der Waals surface area contributed by atoms with Crippen LogP contribution in [0.25, 0.3) is 0 Å². The van der Waals surface area contributed by atoms with Gasteiger partial charge in [0.2, 0.25) is 0 Å². The molecule has 0 aromatic heterocycles. The van der Waals surface area contributed by atoms with Crippen molar-refractivity contribution in [3.05, 3.63) is 0 Å². The van der Waals surface area contributed by atoms with E-state index >= 15 is 0 Å². The quantitative estimate of drug-likeness (QED) is 0.305. The molecule has 1 fully saturated rings. The largest absolute Gasteiger partial charge is 0.394 e. The fourth-order valence-corrected chi connectivity index (χ4v) is 1.28. The summed E-state index contributed by atoms with van der Waals surface area (Å²) in [6.45, 7) is -0.526. The molecule has 1 heterocycles. The molecule has 81 valence electrons. The molecule has 0 unspecified atom stereocenters. The first kappa shape index (κ1) is 11.3. The van der Waals surface area contributed by atoms with E-state index in [1.807, 2.05) is 5.32 Å². The van der Waals surface area contributed by atoms with Crippen molar-refractivity contribution >= 4 is 6.41 Å². The molecule has 0 spiro atoms. The van der Waals surface area contributed by atoms with Crippen molar-refractivity contribution in [2.75, 3.05) is 6.61 Å². The highest BCUT2D eigenvalue weighted by Crippen LogP contribution is 2.19. The van der Waals surface area contributed by atoms with Crippen LogP contribution < -0.4 is 5.32 Å². The zero-order valence-corrected chi connectivity index (χ0v) is 7.20. The third kappa shape index (κ3) is 2.02. The Kier molecular flexibility index (Phi) is 3.78. The summed E-state index contributed by atoms with van der Waals surface area (Å²) in [4.78, 5) is 9.97. The molecule has 0 bridgehead atoms. The van der Waals surface area contributed by atoms with Gasteiger partial charge in [-0.3, -0.25) is 4.79 Å². The van der Waals surface area contributed by atoms with Gasteiger partial charge in [0.15, 0.2) is 6.23 Å². The number of rotatable bonds is 3. The van der Waals surface area contributed by atoms with Crippen LogP contribution in [0.3, 0.4) is 0 Å². The van der Waals surface area contributed by atoms with Crippen molar-refractivity contribution in [3.8, 4) is 0 Å². The molecule has 1 saturated heterocycles. The normalized spacial score (nSPS) is 43.3. The lowest BCUT2D eigenvalue weighted by Crippen LogP contribution is -2.62. The Hall–Kier alpha value is -0.730. The highest BCUT2D eigenvalue weighted by molar-refractivity contribution is 5.47. The minimum absolute atomic E-state index is 0.526. The third-order valence-electron chi connectivity index (χ3n) is 2.09. The Bertz CT molecular complexity index is 199. The summed E-state index contributed by atoms with van der Waals surface area (Å²) >= 11 is 0. The number of amides is 1. The van der Waals surface area contributed by atoms with Crippen LogP contribution in [-0.2, 0) is 9.53 Å². The van der Waals surface area contributed by atoms with E-state index in [-0.39, 0.29) is 0 Å². The van der Waals surface area contributed by atoms with Crippen LogP contribution in [-0.4, -0.2) is 64.1 Å². The fraction of sp³-hybridized carbons (Fsp3) is 0.857. The van der Waals surface area contributed by atoms with Gasteiger partial charge < -0.3 is 30.5 Å². The van der Waals surface area contributed by atoms with Crippen LogP contribution in [0.4, 0.5) is 0 Å². The first-order valence-electron chi connectivity index (χ1n) is 4.05. The molecule has 1 amide bonds. The molecule has 1 rings (SSSR count). The molecule has 7 heteroatoms. The Morgan fingerprint density at radius 2 is 1.86 bits per heavy atom. The summed E-state index contributed by atoms with van der Waals surface area (Å²) in [5.41, 5.74) is 0. The summed E-state index contributed by atoms with van der Waals surface area (Å²) in [6.07, 6.45) is -5.25. The molecule has 7 nitrogen and oxygen atoms in total. The van der Waals surface area contributed by atoms with Gasteiger partial charge in [0.1, 0.15) is 24.4 Å². The summed E-state index contributed by atoms with van der Waals surface area (Å²) in [7, 11) is 0. The lowest BCUT2D eigenvalue weighted by Gasteiger charge is -2.39. The summed E-state index contributed by atoms with van der Waals surface area (Å²) in [5.74, 6) is 0. The molecule has 1 radical (unpaired) electrons. The molecular weight excluding hydrogens is 194 g/mol. The van der Waals surface area contributed by atoms with E-state index in [1.165, 1.54) is 6.41 Å². The lowest BCUT2D eigenvalue weighted by atomic mass is 9.98. The molecule has 0 aromatic carbocycles. The number of nitrogens with one attached hydrogen (secondary N) is 1. The minimum Gasteiger partial charge on any atom is -0.394 e. The van der Waals surface area contributed by atoms with Gasteiger partial charge in [-0.1, -0.05) is 0 Å². The average molecular weight is 206 g/mol.